The summed E-state index contributed by atoms with van der Waals surface area (Å²) in [6, 6.07) is 3.27. The molecule has 0 amide bonds. The van der Waals surface area contributed by atoms with Crippen molar-refractivity contribution >= 4 is 12.0 Å². The minimum Gasteiger partial charge on any atom is -0.480 e. The van der Waals surface area contributed by atoms with E-state index in [4.69, 9.17) is 25.7 Å². The molecule has 0 saturated carbocycles. The van der Waals surface area contributed by atoms with E-state index in [-0.39, 0.29) is 13.4 Å². The first kappa shape index (κ1) is 11.9. The Hall–Kier alpha value is -2.61. The molecule has 0 radical (unpaired) electrons. The lowest BCUT2D eigenvalue weighted by atomic mass is 10.1. The lowest BCUT2D eigenvalue weighted by molar-refractivity contribution is -0.131. The van der Waals surface area contributed by atoms with Crippen LogP contribution in [0.1, 0.15) is 5.56 Å². The van der Waals surface area contributed by atoms with Gasteiger partial charge in [0.05, 0.1) is 0 Å². The molecule has 1 aliphatic rings. The van der Waals surface area contributed by atoms with E-state index < -0.39 is 5.97 Å². The molecule has 1 aromatic rings. The Bertz CT molecular complexity index is 539. The standard InChI is InChI=1S/C13H10O5/c1-2-5-16-10-7-12-11(17-8-18-12)6-9(10)3-4-13(14)15/h1,3-4,6-7H,5,8H2,(H,14,15)/b4-3+. The van der Waals surface area contributed by atoms with Crippen LogP contribution >= 0.6 is 0 Å². The van der Waals surface area contributed by atoms with Crippen LogP contribution in [-0.4, -0.2) is 24.5 Å². The minimum absolute atomic E-state index is 0.0908. The number of fused-ring (bicyclic) bond motifs is 1. The van der Waals surface area contributed by atoms with Gasteiger partial charge in [-0.3, -0.25) is 0 Å². The average molecular weight is 246 g/mol. The highest BCUT2D eigenvalue weighted by Crippen LogP contribution is 2.38. The number of carbonyl (C=O) groups is 1. The molecule has 1 aliphatic heterocycles. The average Bonchev–Trinajstić information content (AvgIpc) is 2.79. The second-order valence-corrected chi connectivity index (χ2v) is 3.41. The highest BCUT2D eigenvalue weighted by molar-refractivity contribution is 5.86. The van der Waals surface area contributed by atoms with Crippen LogP contribution in [-0.2, 0) is 4.79 Å². The number of hydrogen-bond donors (Lipinski definition) is 1. The molecular formula is C13H10O5. The summed E-state index contributed by atoms with van der Waals surface area (Å²) in [6.45, 7) is 0.226. The second-order valence-electron chi connectivity index (χ2n) is 3.41. The third-order valence-electron chi connectivity index (χ3n) is 2.22. The first-order valence-electron chi connectivity index (χ1n) is 5.11. The summed E-state index contributed by atoms with van der Waals surface area (Å²) in [5, 5.41) is 8.62. The van der Waals surface area contributed by atoms with Crippen LogP contribution in [0.3, 0.4) is 0 Å². The number of carboxylic acid groups (broad SMARTS) is 1. The number of benzene rings is 1. The van der Waals surface area contributed by atoms with Gasteiger partial charge in [-0.25, -0.2) is 4.79 Å². The molecule has 1 aromatic carbocycles. The van der Waals surface area contributed by atoms with E-state index in [2.05, 4.69) is 5.92 Å². The number of hydrogen-bond acceptors (Lipinski definition) is 4. The molecule has 5 heteroatoms. The molecule has 0 bridgehead atoms. The number of terminal acetylenes is 1. The Labute approximate surface area is 104 Å². The lowest BCUT2D eigenvalue weighted by Gasteiger charge is -2.07. The molecule has 0 aliphatic carbocycles. The van der Waals surface area contributed by atoms with Gasteiger partial charge in [0.2, 0.25) is 6.79 Å². The van der Waals surface area contributed by atoms with Crippen LogP contribution in [0.15, 0.2) is 18.2 Å². The summed E-state index contributed by atoms with van der Waals surface area (Å²) in [5.41, 5.74) is 0.567. The largest absolute Gasteiger partial charge is 0.480 e. The molecule has 0 spiro atoms. The molecule has 2 rings (SSSR count). The van der Waals surface area contributed by atoms with Crippen molar-refractivity contribution in [2.75, 3.05) is 13.4 Å². The first-order chi connectivity index (χ1) is 8.70. The molecule has 5 nitrogen and oxygen atoms in total. The quantitative estimate of drug-likeness (QED) is 0.644. The van der Waals surface area contributed by atoms with Crippen molar-refractivity contribution in [2.45, 2.75) is 0 Å². The molecule has 0 atom stereocenters. The van der Waals surface area contributed by atoms with Crippen molar-refractivity contribution in [3.05, 3.63) is 23.8 Å². The Morgan fingerprint density at radius 2 is 2.22 bits per heavy atom. The first-order valence-corrected chi connectivity index (χ1v) is 5.11. The highest BCUT2D eigenvalue weighted by Gasteiger charge is 2.17. The zero-order valence-electron chi connectivity index (χ0n) is 9.38. The zero-order chi connectivity index (χ0) is 13.0. The maximum absolute atomic E-state index is 10.5. The second kappa shape index (κ2) is 5.15. The Kier molecular flexibility index (Phi) is 3.39. The van der Waals surface area contributed by atoms with Crippen molar-refractivity contribution < 1.29 is 24.1 Å². The van der Waals surface area contributed by atoms with Gasteiger partial charge in [0.25, 0.3) is 0 Å². The van der Waals surface area contributed by atoms with E-state index >= 15 is 0 Å². The van der Waals surface area contributed by atoms with Gasteiger partial charge in [-0.05, 0) is 12.1 Å². The van der Waals surface area contributed by atoms with Gasteiger partial charge in [-0.2, -0.15) is 0 Å². The maximum atomic E-state index is 10.5. The van der Waals surface area contributed by atoms with Crippen molar-refractivity contribution in [2.24, 2.45) is 0 Å². The zero-order valence-corrected chi connectivity index (χ0v) is 9.38. The monoisotopic (exact) mass is 246 g/mol. The van der Waals surface area contributed by atoms with E-state index in [9.17, 15) is 4.79 Å². The minimum atomic E-state index is -1.05. The summed E-state index contributed by atoms with van der Waals surface area (Å²) in [4.78, 5) is 10.5. The van der Waals surface area contributed by atoms with Crippen LogP contribution in [0.2, 0.25) is 0 Å². The molecule has 1 N–H and O–H groups in total. The van der Waals surface area contributed by atoms with E-state index in [1.54, 1.807) is 12.1 Å². The number of rotatable bonds is 4. The van der Waals surface area contributed by atoms with Crippen LogP contribution < -0.4 is 14.2 Å². The molecule has 0 fully saturated rings. The molecule has 92 valence electrons. The fourth-order valence-corrected chi connectivity index (χ4v) is 1.47. The highest BCUT2D eigenvalue weighted by atomic mass is 16.7. The summed E-state index contributed by atoms with van der Waals surface area (Å²) in [7, 11) is 0. The Morgan fingerprint density at radius 3 is 2.89 bits per heavy atom. The number of aliphatic carboxylic acids is 1. The van der Waals surface area contributed by atoms with Gasteiger partial charge in [0, 0.05) is 17.7 Å². The molecule has 0 unspecified atom stereocenters. The molecule has 0 aromatic heterocycles. The third-order valence-corrected chi connectivity index (χ3v) is 2.22. The SMILES string of the molecule is C#CCOc1cc2c(cc1/C=C/C(=O)O)OCO2. The van der Waals surface area contributed by atoms with Crippen LogP contribution in [0.25, 0.3) is 6.08 Å². The van der Waals surface area contributed by atoms with Crippen LogP contribution in [0, 0.1) is 12.3 Å². The van der Waals surface area contributed by atoms with Gasteiger partial charge in [-0.1, -0.05) is 5.92 Å². The van der Waals surface area contributed by atoms with E-state index in [1.165, 1.54) is 6.08 Å². The van der Waals surface area contributed by atoms with Gasteiger partial charge in [-0.15, -0.1) is 6.42 Å². The fraction of sp³-hybridized carbons (Fsp3) is 0.154. The molecule has 18 heavy (non-hydrogen) atoms. The van der Waals surface area contributed by atoms with E-state index in [0.29, 0.717) is 22.8 Å². The normalized spacial score (nSPS) is 12.4. The summed E-state index contributed by atoms with van der Waals surface area (Å²) < 4.78 is 15.7. The molecular weight excluding hydrogens is 236 g/mol. The van der Waals surface area contributed by atoms with Crippen molar-refractivity contribution in [1.82, 2.24) is 0 Å². The van der Waals surface area contributed by atoms with Gasteiger partial charge >= 0.3 is 5.97 Å². The van der Waals surface area contributed by atoms with Crippen LogP contribution in [0.5, 0.6) is 17.2 Å². The topological polar surface area (TPSA) is 65.0 Å². The van der Waals surface area contributed by atoms with Gasteiger partial charge in [0.15, 0.2) is 11.5 Å². The smallest absolute Gasteiger partial charge is 0.328 e. The summed E-state index contributed by atoms with van der Waals surface area (Å²) in [5.74, 6) is 2.85. The molecule has 1 heterocycles. The van der Waals surface area contributed by atoms with Gasteiger partial charge in [0.1, 0.15) is 12.4 Å². The summed E-state index contributed by atoms with van der Waals surface area (Å²) in [6.07, 6.45) is 7.55. The summed E-state index contributed by atoms with van der Waals surface area (Å²) >= 11 is 0. The van der Waals surface area contributed by atoms with E-state index in [1.807, 2.05) is 0 Å². The third kappa shape index (κ3) is 2.55. The predicted octanol–water partition coefficient (Wildman–Crippen LogP) is 1.53. The van der Waals surface area contributed by atoms with E-state index in [0.717, 1.165) is 6.08 Å². The lowest BCUT2D eigenvalue weighted by Crippen LogP contribution is -1.96. The Morgan fingerprint density at radius 1 is 1.50 bits per heavy atom. The maximum Gasteiger partial charge on any atom is 0.328 e. The van der Waals surface area contributed by atoms with Gasteiger partial charge < -0.3 is 19.3 Å². The number of carboxylic acids is 1. The van der Waals surface area contributed by atoms with Crippen molar-refractivity contribution in [3.63, 3.8) is 0 Å². The van der Waals surface area contributed by atoms with Crippen molar-refractivity contribution in [1.29, 1.82) is 0 Å². The predicted molar refractivity (Wildman–Crippen MR) is 63.6 cm³/mol. The Balaban J connectivity index is 2.35. The van der Waals surface area contributed by atoms with Crippen LogP contribution in [0.4, 0.5) is 0 Å². The fourth-order valence-electron chi connectivity index (χ4n) is 1.47. The molecule has 0 saturated heterocycles. The number of ether oxygens (including phenoxy) is 3. The van der Waals surface area contributed by atoms with Crippen molar-refractivity contribution in [3.8, 4) is 29.6 Å².